The van der Waals surface area contributed by atoms with E-state index >= 15 is 0 Å². The van der Waals surface area contributed by atoms with Crippen LogP contribution in [0.5, 0.6) is 0 Å². The van der Waals surface area contributed by atoms with Crippen molar-refractivity contribution in [1.82, 2.24) is 10.0 Å². The maximum Gasteiger partial charge on any atom is 0.416 e. The fraction of sp³-hybridized carbons (Fsp3) is 0.455. The monoisotopic (exact) mass is 296 g/mol. The Hall–Kier alpha value is -1.12. The highest BCUT2D eigenvalue weighted by Crippen LogP contribution is 2.30. The summed E-state index contributed by atoms with van der Waals surface area (Å²) in [6, 6.07) is 3.65. The molecule has 0 unspecified atom stereocenters. The van der Waals surface area contributed by atoms with Crippen LogP contribution in [0.25, 0.3) is 0 Å². The van der Waals surface area contributed by atoms with Gasteiger partial charge in [-0.1, -0.05) is 13.0 Å². The van der Waals surface area contributed by atoms with E-state index in [1.807, 2.05) is 6.92 Å². The average molecular weight is 296 g/mol. The minimum absolute atomic E-state index is 0.117. The average Bonchev–Trinajstić information content (AvgIpc) is 2.34. The van der Waals surface area contributed by atoms with Crippen LogP contribution < -0.4 is 10.0 Å². The Balaban J connectivity index is 2.84. The van der Waals surface area contributed by atoms with E-state index in [0.29, 0.717) is 19.2 Å². The van der Waals surface area contributed by atoms with E-state index in [2.05, 4.69) is 10.0 Å². The number of halogens is 3. The lowest BCUT2D eigenvalue weighted by atomic mass is 10.2. The van der Waals surface area contributed by atoms with Crippen LogP contribution in [0.3, 0.4) is 0 Å². The van der Waals surface area contributed by atoms with Gasteiger partial charge in [-0.3, -0.25) is 0 Å². The molecule has 0 aliphatic heterocycles. The Morgan fingerprint density at radius 1 is 1.21 bits per heavy atom. The van der Waals surface area contributed by atoms with Gasteiger partial charge in [0.1, 0.15) is 0 Å². The summed E-state index contributed by atoms with van der Waals surface area (Å²) in [5.74, 6) is 0. The van der Waals surface area contributed by atoms with E-state index in [-0.39, 0.29) is 11.4 Å². The van der Waals surface area contributed by atoms with Gasteiger partial charge in [-0.2, -0.15) is 13.2 Å². The Morgan fingerprint density at radius 2 is 1.89 bits per heavy atom. The number of benzene rings is 1. The molecule has 0 atom stereocenters. The molecule has 0 bridgehead atoms. The van der Waals surface area contributed by atoms with Gasteiger partial charge in [0.2, 0.25) is 10.0 Å². The molecule has 1 aromatic carbocycles. The maximum atomic E-state index is 12.5. The predicted molar refractivity (Wildman–Crippen MR) is 65.2 cm³/mol. The van der Waals surface area contributed by atoms with Crippen molar-refractivity contribution in [2.75, 3.05) is 19.6 Å². The van der Waals surface area contributed by atoms with Crippen molar-refractivity contribution < 1.29 is 21.6 Å². The second kappa shape index (κ2) is 6.36. The molecule has 0 saturated carbocycles. The first-order valence-corrected chi connectivity index (χ1v) is 7.13. The Labute approximate surface area is 110 Å². The standard InChI is InChI=1S/C11H15F3N2O2S/c1-2-15-6-7-16-19(17,18)10-5-3-4-9(8-10)11(12,13)14/h3-5,8,15-16H,2,6-7H2,1H3. The molecule has 0 fully saturated rings. The molecular formula is C11H15F3N2O2S. The minimum atomic E-state index is -4.56. The molecule has 108 valence electrons. The first-order valence-electron chi connectivity index (χ1n) is 5.65. The van der Waals surface area contributed by atoms with E-state index in [0.717, 1.165) is 18.2 Å². The smallest absolute Gasteiger partial charge is 0.316 e. The van der Waals surface area contributed by atoms with Crippen molar-refractivity contribution in [1.29, 1.82) is 0 Å². The zero-order valence-electron chi connectivity index (χ0n) is 10.3. The first kappa shape index (κ1) is 15.9. The predicted octanol–water partition coefficient (Wildman–Crippen LogP) is 1.59. The van der Waals surface area contributed by atoms with Gasteiger partial charge >= 0.3 is 6.18 Å². The van der Waals surface area contributed by atoms with Gasteiger partial charge in [-0.05, 0) is 24.7 Å². The van der Waals surface area contributed by atoms with Gasteiger partial charge < -0.3 is 5.32 Å². The van der Waals surface area contributed by atoms with E-state index in [9.17, 15) is 21.6 Å². The van der Waals surface area contributed by atoms with Crippen LogP contribution in [0.4, 0.5) is 13.2 Å². The third kappa shape index (κ3) is 4.81. The summed E-state index contributed by atoms with van der Waals surface area (Å²) in [6.07, 6.45) is -4.56. The van der Waals surface area contributed by atoms with Gasteiger partial charge in [0, 0.05) is 13.1 Å². The summed E-state index contributed by atoms with van der Waals surface area (Å²) in [6.45, 7) is 3.08. The number of alkyl halides is 3. The molecule has 1 aromatic rings. The van der Waals surface area contributed by atoms with Crippen molar-refractivity contribution in [3.63, 3.8) is 0 Å². The molecule has 0 aliphatic carbocycles. The van der Waals surface area contributed by atoms with Crippen LogP contribution in [-0.2, 0) is 16.2 Å². The lowest BCUT2D eigenvalue weighted by molar-refractivity contribution is -0.137. The molecule has 0 aromatic heterocycles. The Bertz CT molecular complexity index is 515. The zero-order valence-corrected chi connectivity index (χ0v) is 11.1. The van der Waals surface area contributed by atoms with Crippen LogP contribution in [-0.4, -0.2) is 28.1 Å². The van der Waals surface area contributed by atoms with Crippen molar-refractivity contribution in [3.05, 3.63) is 29.8 Å². The highest BCUT2D eigenvalue weighted by atomic mass is 32.2. The van der Waals surface area contributed by atoms with E-state index < -0.39 is 21.8 Å². The third-order valence-electron chi connectivity index (χ3n) is 2.32. The molecule has 0 spiro atoms. The maximum absolute atomic E-state index is 12.5. The molecule has 1 rings (SSSR count). The quantitative estimate of drug-likeness (QED) is 0.784. The highest BCUT2D eigenvalue weighted by Gasteiger charge is 2.31. The van der Waals surface area contributed by atoms with Gasteiger partial charge in [0.15, 0.2) is 0 Å². The van der Waals surface area contributed by atoms with Crippen LogP contribution >= 0.6 is 0 Å². The van der Waals surface area contributed by atoms with Crippen molar-refractivity contribution in [2.24, 2.45) is 0 Å². The second-order valence-electron chi connectivity index (χ2n) is 3.78. The van der Waals surface area contributed by atoms with Gasteiger partial charge in [-0.25, -0.2) is 13.1 Å². The first-order chi connectivity index (χ1) is 8.77. The van der Waals surface area contributed by atoms with Crippen LogP contribution in [0, 0.1) is 0 Å². The lowest BCUT2D eigenvalue weighted by Crippen LogP contribution is -2.31. The summed E-state index contributed by atoms with van der Waals surface area (Å²) in [7, 11) is -3.91. The highest BCUT2D eigenvalue weighted by molar-refractivity contribution is 7.89. The van der Waals surface area contributed by atoms with Crippen molar-refractivity contribution in [2.45, 2.75) is 18.0 Å². The molecule has 0 aliphatic rings. The molecular weight excluding hydrogens is 281 g/mol. The topological polar surface area (TPSA) is 58.2 Å². The largest absolute Gasteiger partial charge is 0.416 e. The van der Waals surface area contributed by atoms with Crippen molar-refractivity contribution in [3.8, 4) is 0 Å². The zero-order chi connectivity index (χ0) is 14.5. The summed E-state index contributed by atoms with van der Waals surface area (Å²) in [5, 5.41) is 2.90. The molecule has 0 saturated heterocycles. The van der Waals surface area contributed by atoms with E-state index in [4.69, 9.17) is 0 Å². The Kier molecular flexibility index (Phi) is 5.33. The molecule has 0 heterocycles. The summed E-state index contributed by atoms with van der Waals surface area (Å²) < 4.78 is 63.2. The fourth-order valence-corrected chi connectivity index (χ4v) is 2.45. The van der Waals surface area contributed by atoms with Gasteiger partial charge in [0.25, 0.3) is 0 Å². The third-order valence-corrected chi connectivity index (χ3v) is 3.77. The molecule has 0 radical (unpaired) electrons. The second-order valence-corrected chi connectivity index (χ2v) is 5.54. The minimum Gasteiger partial charge on any atom is -0.316 e. The van der Waals surface area contributed by atoms with Gasteiger partial charge in [-0.15, -0.1) is 0 Å². The van der Waals surface area contributed by atoms with Crippen LogP contribution in [0.2, 0.25) is 0 Å². The van der Waals surface area contributed by atoms with Crippen molar-refractivity contribution >= 4 is 10.0 Å². The number of hydrogen-bond acceptors (Lipinski definition) is 3. The molecule has 8 heteroatoms. The Morgan fingerprint density at radius 3 is 2.47 bits per heavy atom. The van der Waals surface area contributed by atoms with Gasteiger partial charge in [0.05, 0.1) is 10.5 Å². The molecule has 2 N–H and O–H groups in total. The summed E-state index contributed by atoms with van der Waals surface area (Å²) in [4.78, 5) is -0.390. The van der Waals surface area contributed by atoms with E-state index in [1.165, 1.54) is 0 Å². The normalized spacial score (nSPS) is 12.6. The molecule has 19 heavy (non-hydrogen) atoms. The molecule has 4 nitrogen and oxygen atoms in total. The number of nitrogens with one attached hydrogen (secondary N) is 2. The summed E-state index contributed by atoms with van der Waals surface area (Å²) in [5.41, 5.74) is -0.984. The number of likely N-dealkylation sites (N-methyl/N-ethyl adjacent to an activating group) is 1. The van der Waals surface area contributed by atoms with E-state index in [1.54, 1.807) is 0 Å². The molecule has 0 amide bonds. The SMILES string of the molecule is CCNCCNS(=O)(=O)c1cccc(C(F)(F)F)c1. The fourth-order valence-electron chi connectivity index (χ4n) is 1.37. The van der Waals surface area contributed by atoms with Crippen LogP contribution in [0.1, 0.15) is 12.5 Å². The van der Waals surface area contributed by atoms with Crippen LogP contribution in [0.15, 0.2) is 29.2 Å². The number of sulfonamides is 1. The number of rotatable bonds is 6. The summed E-state index contributed by atoms with van der Waals surface area (Å²) >= 11 is 0. The lowest BCUT2D eigenvalue weighted by Gasteiger charge is -2.10. The number of hydrogen-bond donors (Lipinski definition) is 2.